The topological polar surface area (TPSA) is 57.0 Å². The smallest absolute Gasteiger partial charge is 0.310 e. The summed E-state index contributed by atoms with van der Waals surface area (Å²) in [5.41, 5.74) is 3.90. The summed E-state index contributed by atoms with van der Waals surface area (Å²) in [6.45, 7) is 7.96. The van der Waals surface area contributed by atoms with Crippen LogP contribution in [-0.2, 0) is 0 Å². The van der Waals surface area contributed by atoms with Crippen molar-refractivity contribution in [2.75, 3.05) is 0 Å². The first-order valence-electron chi connectivity index (χ1n) is 10.1. The van der Waals surface area contributed by atoms with Crippen molar-refractivity contribution in [1.29, 1.82) is 0 Å². The van der Waals surface area contributed by atoms with Gasteiger partial charge < -0.3 is 4.74 Å². The number of hydrogen-bond acceptors (Lipinski definition) is 5. The van der Waals surface area contributed by atoms with Crippen LogP contribution in [0.3, 0.4) is 0 Å². The van der Waals surface area contributed by atoms with Crippen LogP contribution in [0.1, 0.15) is 21.7 Å². The van der Waals surface area contributed by atoms with Crippen LogP contribution in [0, 0.1) is 27.7 Å². The van der Waals surface area contributed by atoms with Crippen molar-refractivity contribution in [2.24, 2.45) is 0 Å². The second-order valence-corrected chi connectivity index (χ2v) is 8.83. The Hall–Kier alpha value is -3.51. The molecule has 0 unspecified atom stereocenters. The van der Waals surface area contributed by atoms with E-state index in [0.717, 1.165) is 21.3 Å². The fraction of sp³-hybridized carbons (Fsp3) is 0.160. The number of nitrogens with zero attached hydrogens (tertiary/aromatic N) is 3. The Morgan fingerprint density at radius 2 is 1.58 bits per heavy atom. The highest BCUT2D eigenvalue weighted by atomic mass is 32.1. The second kappa shape index (κ2) is 7.32. The lowest BCUT2D eigenvalue weighted by Crippen LogP contribution is -2.22. The lowest BCUT2D eigenvalue weighted by molar-refractivity contribution is 0.424. The predicted octanol–water partition coefficient (Wildman–Crippen LogP) is 6.02. The summed E-state index contributed by atoms with van der Waals surface area (Å²) in [7, 11) is 0. The van der Waals surface area contributed by atoms with Gasteiger partial charge in [0.25, 0.3) is 5.56 Å². The minimum Gasteiger partial charge on any atom is -0.425 e. The molecule has 0 bridgehead atoms. The van der Waals surface area contributed by atoms with E-state index in [1.54, 1.807) is 11.3 Å². The number of benzene rings is 2. The lowest BCUT2D eigenvalue weighted by atomic mass is 10.1. The van der Waals surface area contributed by atoms with E-state index < -0.39 is 0 Å². The van der Waals surface area contributed by atoms with E-state index in [0.29, 0.717) is 28.0 Å². The molecule has 0 radical (unpaired) electrons. The third-order valence-electron chi connectivity index (χ3n) is 5.60. The number of pyridine rings is 1. The van der Waals surface area contributed by atoms with Gasteiger partial charge in [0.2, 0.25) is 0 Å². The molecule has 0 aliphatic rings. The van der Waals surface area contributed by atoms with Crippen molar-refractivity contribution in [3.8, 4) is 17.4 Å². The first kappa shape index (κ1) is 19.5. The number of rotatable bonds is 3. The Balaban J connectivity index is 1.92. The summed E-state index contributed by atoms with van der Waals surface area (Å²) < 4.78 is 7.79. The van der Waals surface area contributed by atoms with Crippen molar-refractivity contribution in [3.63, 3.8) is 0 Å². The Kier molecular flexibility index (Phi) is 4.59. The number of ether oxygens (including phenoxy) is 1. The molecule has 0 atom stereocenters. The van der Waals surface area contributed by atoms with Gasteiger partial charge in [-0.1, -0.05) is 36.4 Å². The fourth-order valence-electron chi connectivity index (χ4n) is 3.83. The zero-order valence-electron chi connectivity index (χ0n) is 17.8. The molecule has 0 aliphatic carbocycles. The fourth-order valence-corrected chi connectivity index (χ4v) is 4.91. The van der Waals surface area contributed by atoms with Crippen LogP contribution in [0.4, 0.5) is 0 Å². The maximum atomic E-state index is 13.8. The highest BCUT2D eigenvalue weighted by Crippen LogP contribution is 2.35. The molecular weight excluding hydrogens is 406 g/mol. The lowest BCUT2D eigenvalue weighted by Gasteiger charge is -2.16. The predicted molar refractivity (Wildman–Crippen MR) is 126 cm³/mol. The van der Waals surface area contributed by atoms with Crippen molar-refractivity contribution in [2.45, 2.75) is 27.7 Å². The molecule has 0 spiro atoms. The quantitative estimate of drug-likeness (QED) is 0.353. The molecule has 0 saturated heterocycles. The van der Waals surface area contributed by atoms with Crippen molar-refractivity contribution in [1.82, 2.24) is 14.5 Å². The van der Waals surface area contributed by atoms with Crippen LogP contribution in [-0.4, -0.2) is 14.5 Å². The molecular formula is C25H21N3O2S. The van der Waals surface area contributed by atoms with E-state index in [1.807, 2.05) is 68.4 Å². The van der Waals surface area contributed by atoms with Crippen molar-refractivity contribution in [3.05, 3.63) is 86.6 Å². The molecule has 2 aromatic carbocycles. The SMILES string of the molecule is Cc1ccccc1Oc1nc2c(c(C)nc3sc(C)c(C)c32)c(=O)n1-c1ccccc1. The summed E-state index contributed by atoms with van der Waals surface area (Å²) in [6.07, 6.45) is 0. The first-order valence-corrected chi connectivity index (χ1v) is 10.9. The third kappa shape index (κ3) is 3.11. The van der Waals surface area contributed by atoms with Gasteiger partial charge in [0.1, 0.15) is 10.6 Å². The Morgan fingerprint density at radius 3 is 2.32 bits per heavy atom. The van der Waals surface area contributed by atoms with Gasteiger partial charge in [0.05, 0.1) is 22.3 Å². The molecule has 3 heterocycles. The minimum absolute atomic E-state index is 0.185. The number of para-hydroxylation sites is 2. The standard InChI is InChI=1S/C25H21N3O2S/c1-14-10-8-9-13-19(14)30-25-27-22-20-15(2)17(4)31-23(20)26-16(3)21(22)24(29)28(25)18-11-6-5-7-12-18/h5-13H,1-4H3. The van der Waals surface area contributed by atoms with Gasteiger partial charge in [-0.2, -0.15) is 4.98 Å². The van der Waals surface area contributed by atoms with Crippen LogP contribution in [0.25, 0.3) is 26.8 Å². The van der Waals surface area contributed by atoms with Crippen LogP contribution in [0.5, 0.6) is 11.8 Å². The third-order valence-corrected chi connectivity index (χ3v) is 6.70. The summed E-state index contributed by atoms with van der Waals surface area (Å²) in [5.74, 6) is 0.665. The summed E-state index contributed by atoms with van der Waals surface area (Å²) in [5, 5.41) is 1.45. The normalized spacial score (nSPS) is 11.4. The maximum Gasteiger partial charge on any atom is 0.310 e. The minimum atomic E-state index is -0.185. The first-order chi connectivity index (χ1) is 15.0. The second-order valence-electron chi connectivity index (χ2n) is 7.62. The van der Waals surface area contributed by atoms with E-state index in [9.17, 15) is 4.79 Å². The summed E-state index contributed by atoms with van der Waals surface area (Å²) in [6, 6.07) is 17.4. The molecule has 5 rings (SSSR count). The van der Waals surface area contributed by atoms with Crippen molar-refractivity contribution < 1.29 is 4.74 Å². The molecule has 0 aliphatic heterocycles. The Bertz CT molecular complexity index is 1520. The van der Waals surface area contributed by atoms with Gasteiger partial charge in [0.15, 0.2) is 0 Å². The van der Waals surface area contributed by atoms with Gasteiger partial charge in [0, 0.05) is 10.3 Å². The average Bonchev–Trinajstić information content (AvgIpc) is 3.03. The van der Waals surface area contributed by atoms with Crippen LogP contribution in [0.2, 0.25) is 0 Å². The number of thiophene rings is 1. The molecule has 3 aromatic heterocycles. The molecule has 6 heteroatoms. The molecule has 5 nitrogen and oxygen atoms in total. The summed E-state index contributed by atoms with van der Waals surface area (Å²) in [4.78, 5) is 25.5. The molecule has 0 N–H and O–H groups in total. The van der Waals surface area contributed by atoms with Crippen LogP contribution in [0.15, 0.2) is 59.4 Å². The largest absolute Gasteiger partial charge is 0.425 e. The highest BCUT2D eigenvalue weighted by molar-refractivity contribution is 7.18. The number of aromatic nitrogens is 3. The number of hydrogen-bond donors (Lipinski definition) is 0. The van der Waals surface area contributed by atoms with E-state index in [2.05, 4.69) is 13.8 Å². The van der Waals surface area contributed by atoms with Crippen molar-refractivity contribution >= 4 is 32.5 Å². The van der Waals surface area contributed by atoms with Gasteiger partial charge >= 0.3 is 6.01 Å². The van der Waals surface area contributed by atoms with Crippen LogP contribution >= 0.6 is 11.3 Å². The molecule has 0 saturated carbocycles. The monoisotopic (exact) mass is 427 g/mol. The zero-order chi connectivity index (χ0) is 21.7. The van der Waals surface area contributed by atoms with E-state index >= 15 is 0 Å². The van der Waals surface area contributed by atoms with Crippen LogP contribution < -0.4 is 10.3 Å². The van der Waals surface area contributed by atoms with Gasteiger partial charge in [-0.05, 0) is 57.0 Å². The average molecular weight is 428 g/mol. The molecule has 0 amide bonds. The zero-order valence-corrected chi connectivity index (χ0v) is 18.6. The Labute approximate surface area is 183 Å². The van der Waals surface area contributed by atoms with E-state index in [4.69, 9.17) is 14.7 Å². The number of aryl methyl sites for hydroxylation is 4. The number of fused-ring (bicyclic) bond motifs is 3. The summed E-state index contributed by atoms with van der Waals surface area (Å²) >= 11 is 1.63. The van der Waals surface area contributed by atoms with Gasteiger partial charge in [-0.15, -0.1) is 11.3 Å². The maximum absolute atomic E-state index is 13.8. The molecule has 31 heavy (non-hydrogen) atoms. The van der Waals surface area contributed by atoms with E-state index in [1.165, 1.54) is 9.44 Å². The molecule has 154 valence electrons. The van der Waals surface area contributed by atoms with Gasteiger partial charge in [-0.3, -0.25) is 4.79 Å². The molecule has 0 fully saturated rings. The van der Waals surface area contributed by atoms with Gasteiger partial charge in [-0.25, -0.2) is 9.55 Å². The Morgan fingerprint density at radius 1 is 0.871 bits per heavy atom. The highest BCUT2D eigenvalue weighted by Gasteiger charge is 2.21. The molecule has 5 aromatic rings. The van der Waals surface area contributed by atoms with E-state index in [-0.39, 0.29) is 11.6 Å².